The van der Waals surface area contributed by atoms with E-state index in [2.05, 4.69) is 46.2 Å². The lowest BCUT2D eigenvalue weighted by Crippen LogP contribution is -2.44. The quantitative estimate of drug-likeness (QED) is 0.222. The lowest BCUT2D eigenvalue weighted by Gasteiger charge is -2.32. The molecule has 0 saturated carbocycles. The smallest absolute Gasteiger partial charge is 0.419 e. The van der Waals surface area contributed by atoms with Gasteiger partial charge in [0.05, 0.1) is 21.3 Å². The van der Waals surface area contributed by atoms with Crippen molar-refractivity contribution < 1.29 is 27.9 Å². The molecule has 0 bridgehead atoms. The van der Waals surface area contributed by atoms with E-state index in [0.717, 1.165) is 35.9 Å². The van der Waals surface area contributed by atoms with Gasteiger partial charge in [-0.05, 0) is 57.0 Å². The van der Waals surface area contributed by atoms with Crippen molar-refractivity contribution in [3.63, 3.8) is 0 Å². The van der Waals surface area contributed by atoms with Crippen LogP contribution in [0.4, 0.5) is 9.59 Å². The van der Waals surface area contributed by atoms with Crippen molar-refractivity contribution in [1.82, 2.24) is 4.90 Å². The Morgan fingerprint density at radius 1 is 0.750 bits per heavy atom. The van der Waals surface area contributed by atoms with Crippen molar-refractivity contribution in [2.24, 2.45) is 0 Å². The Morgan fingerprint density at radius 2 is 1.28 bits per heavy atom. The summed E-state index contributed by atoms with van der Waals surface area (Å²) in [6.45, 7) is 21.3. The summed E-state index contributed by atoms with van der Waals surface area (Å²) in [5.41, 5.74) is 0. The van der Waals surface area contributed by atoms with Crippen LogP contribution in [0.2, 0.25) is 57.4 Å². The van der Waals surface area contributed by atoms with E-state index in [9.17, 15) is 9.59 Å². The predicted octanol–water partition coefficient (Wildman–Crippen LogP) is 6.48. The molecule has 0 spiro atoms. The van der Waals surface area contributed by atoms with E-state index < -0.39 is 36.9 Å². The van der Waals surface area contributed by atoms with Crippen LogP contribution in [-0.4, -0.2) is 74.4 Å². The maximum Gasteiger partial charge on any atom is 0.419 e. The van der Waals surface area contributed by atoms with Gasteiger partial charge in [0.15, 0.2) is 16.6 Å². The standard InChI is InChI=1S/C22H49NO6Si3/c1-10-15-26-21(24)23(22(25)27-16-11-2)14-13-18-32(9,29-20-30(4,5)6)19-17-28-31(7,8)12-3/h10-20H2,1-9H3. The van der Waals surface area contributed by atoms with Gasteiger partial charge in [0.1, 0.15) is 0 Å². The molecule has 0 aliphatic heterocycles. The van der Waals surface area contributed by atoms with Crippen LogP contribution in [0.15, 0.2) is 0 Å². The van der Waals surface area contributed by atoms with E-state index >= 15 is 0 Å². The Labute approximate surface area is 199 Å². The topological polar surface area (TPSA) is 74.3 Å². The number of carbonyl (C=O) groups is 2. The molecule has 32 heavy (non-hydrogen) atoms. The fourth-order valence-electron chi connectivity index (χ4n) is 2.71. The first kappa shape index (κ1) is 31.3. The van der Waals surface area contributed by atoms with E-state index in [1.54, 1.807) is 0 Å². The van der Waals surface area contributed by atoms with Gasteiger partial charge in [-0.15, -0.1) is 0 Å². The summed E-state index contributed by atoms with van der Waals surface area (Å²) in [5, 5.41) is 0. The molecule has 0 aromatic rings. The van der Waals surface area contributed by atoms with Gasteiger partial charge < -0.3 is 18.3 Å². The summed E-state index contributed by atoms with van der Waals surface area (Å²) in [4.78, 5) is 25.9. The molecular weight excluding hydrogens is 459 g/mol. The second-order valence-corrected chi connectivity index (χ2v) is 24.6. The van der Waals surface area contributed by atoms with Gasteiger partial charge >= 0.3 is 12.2 Å². The summed E-state index contributed by atoms with van der Waals surface area (Å²) in [6, 6.07) is 2.87. The maximum absolute atomic E-state index is 12.4. The van der Waals surface area contributed by atoms with Crippen molar-refractivity contribution >= 4 is 36.9 Å². The van der Waals surface area contributed by atoms with Crippen molar-refractivity contribution in [3.8, 4) is 0 Å². The van der Waals surface area contributed by atoms with Gasteiger partial charge in [-0.1, -0.05) is 40.4 Å². The van der Waals surface area contributed by atoms with Crippen LogP contribution in [0, 0.1) is 0 Å². The van der Waals surface area contributed by atoms with Crippen LogP contribution >= 0.6 is 0 Å². The minimum absolute atomic E-state index is 0.278. The first-order chi connectivity index (χ1) is 14.8. The molecular formula is C22H49NO6Si3. The molecule has 1 unspecified atom stereocenters. The molecule has 0 saturated heterocycles. The summed E-state index contributed by atoms with van der Waals surface area (Å²) in [7, 11) is -5.01. The molecule has 0 aliphatic rings. The minimum atomic E-state index is -2.06. The average molecular weight is 508 g/mol. The summed E-state index contributed by atoms with van der Waals surface area (Å²) in [5.74, 6) is 0. The molecule has 10 heteroatoms. The van der Waals surface area contributed by atoms with Crippen LogP contribution in [-0.2, 0) is 18.3 Å². The molecule has 0 fully saturated rings. The van der Waals surface area contributed by atoms with E-state index in [1.807, 2.05) is 13.8 Å². The lowest BCUT2D eigenvalue weighted by molar-refractivity contribution is 0.0764. The van der Waals surface area contributed by atoms with Gasteiger partial charge in [0.2, 0.25) is 0 Å². The number of hydrogen-bond donors (Lipinski definition) is 0. The van der Waals surface area contributed by atoms with E-state index in [0.29, 0.717) is 19.3 Å². The Kier molecular flexibility index (Phi) is 14.9. The van der Waals surface area contributed by atoms with E-state index in [-0.39, 0.29) is 19.8 Å². The highest BCUT2D eigenvalue weighted by Gasteiger charge is 2.33. The van der Waals surface area contributed by atoms with Crippen LogP contribution in [0.3, 0.4) is 0 Å². The van der Waals surface area contributed by atoms with Crippen LogP contribution in [0.5, 0.6) is 0 Å². The van der Waals surface area contributed by atoms with E-state index in [1.165, 1.54) is 0 Å². The predicted molar refractivity (Wildman–Crippen MR) is 139 cm³/mol. The first-order valence-corrected chi connectivity index (χ1v) is 21.8. The Bertz CT molecular complexity index is 536. The van der Waals surface area contributed by atoms with Crippen LogP contribution in [0.25, 0.3) is 0 Å². The van der Waals surface area contributed by atoms with E-state index in [4.69, 9.17) is 18.3 Å². The molecule has 2 amide bonds. The number of hydrogen-bond acceptors (Lipinski definition) is 6. The summed E-state index contributed by atoms with van der Waals surface area (Å²) >= 11 is 0. The number of ether oxygens (including phenoxy) is 2. The van der Waals surface area contributed by atoms with Crippen molar-refractivity contribution in [1.29, 1.82) is 0 Å². The Balaban J connectivity index is 5.11. The molecule has 7 nitrogen and oxygen atoms in total. The Hall–Kier alpha value is -0.689. The van der Waals surface area contributed by atoms with Crippen molar-refractivity contribution in [2.75, 3.05) is 32.6 Å². The molecule has 0 aromatic carbocycles. The summed E-state index contributed by atoms with van der Waals surface area (Å²) < 4.78 is 23.2. The average Bonchev–Trinajstić information content (AvgIpc) is 2.71. The maximum atomic E-state index is 12.4. The molecule has 0 radical (unpaired) electrons. The zero-order chi connectivity index (χ0) is 24.8. The number of rotatable bonds is 16. The van der Waals surface area contributed by atoms with Gasteiger partial charge in [0.25, 0.3) is 0 Å². The molecule has 0 aliphatic carbocycles. The first-order valence-electron chi connectivity index (χ1n) is 12.2. The number of amides is 2. The monoisotopic (exact) mass is 507 g/mol. The molecule has 190 valence electrons. The largest absolute Gasteiger partial charge is 0.449 e. The van der Waals surface area contributed by atoms with Crippen molar-refractivity contribution in [2.45, 2.75) is 97.4 Å². The third kappa shape index (κ3) is 14.5. The number of carbonyl (C=O) groups excluding carboxylic acids is 2. The van der Waals surface area contributed by atoms with Gasteiger partial charge in [-0.25, -0.2) is 14.5 Å². The third-order valence-corrected chi connectivity index (χ3v) is 12.7. The molecule has 0 N–H and O–H groups in total. The number of imide groups is 1. The Morgan fingerprint density at radius 3 is 1.72 bits per heavy atom. The molecule has 1 atom stereocenters. The zero-order valence-electron chi connectivity index (χ0n) is 22.2. The van der Waals surface area contributed by atoms with Gasteiger partial charge in [-0.3, -0.25) is 0 Å². The summed E-state index contributed by atoms with van der Waals surface area (Å²) in [6.07, 6.45) is 1.65. The van der Waals surface area contributed by atoms with Crippen LogP contribution in [0.1, 0.15) is 40.0 Å². The van der Waals surface area contributed by atoms with Gasteiger partial charge in [-0.2, -0.15) is 0 Å². The van der Waals surface area contributed by atoms with Crippen molar-refractivity contribution in [3.05, 3.63) is 0 Å². The normalized spacial score (nSPS) is 14.0. The minimum Gasteiger partial charge on any atom is -0.449 e. The van der Waals surface area contributed by atoms with Gasteiger partial charge in [0, 0.05) is 19.4 Å². The van der Waals surface area contributed by atoms with Crippen LogP contribution < -0.4 is 0 Å². The highest BCUT2D eigenvalue weighted by Crippen LogP contribution is 2.23. The SMILES string of the molecule is CCCOC(=O)N(CCC[Si](C)(CCO[Si](C)(C)CC)OC[Si](C)(C)C)C(=O)OCCC. The molecule has 0 rings (SSSR count). The second kappa shape index (κ2) is 15.3. The fraction of sp³-hybridized carbons (Fsp3) is 0.909. The fourth-order valence-corrected chi connectivity index (χ4v) is 8.88. The third-order valence-electron chi connectivity index (χ3n) is 5.22. The highest BCUT2D eigenvalue weighted by atomic mass is 28.4. The zero-order valence-corrected chi connectivity index (χ0v) is 25.2. The number of nitrogens with zero attached hydrogens (tertiary/aromatic N) is 1. The molecule has 0 aromatic heterocycles. The second-order valence-electron chi connectivity index (χ2n) is 10.5. The lowest BCUT2D eigenvalue weighted by atomic mass is 10.4. The highest BCUT2D eigenvalue weighted by molar-refractivity contribution is 6.78. The molecule has 0 heterocycles.